The molecule has 3 unspecified atom stereocenters. The van der Waals surface area contributed by atoms with Gasteiger partial charge in [-0.15, -0.1) is 0 Å². The third kappa shape index (κ3) is 3.61. The second-order valence-electron chi connectivity index (χ2n) is 7.51. The van der Waals surface area contributed by atoms with E-state index in [0.29, 0.717) is 11.5 Å². The van der Waals surface area contributed by atoms with Crippen molar-refractivity contribution >= 4 is 0 Å². The minimum atomic E-state index is 0.337. The Kier molecular flexibility index (Phi) is 5.20. The van der Waals surface area contributed by atoms with Gasteiger partial charge in [0.2, 0.25) is 0 Å². The summed E-state index contributed by atoms with van der Waals surface area (Å²) in [5.41, 5.74) is 0.337. The monoisotopic (exact) mass is 295 g/mol. The van der Waals surface area contributed by atoms with Crippen molar-refractivity contribution in [1.29, 1.82) is 0 Å². The zero-order valence-corrected chi connectivity index (χ0v) is 13.9. The lowest BCUT2D eigenvalue weighted by atomic mass is 9.81. The van der Waals surface area contributed by atoms with Gasteiger partial charge < -0.3 is 10.1 Å². The minimum absolute atomic E-state index is 0.337. The molecule has 0 aromatic carbocycles. The van der Waals surface area contributed by atoms with Crippen LogP contribution in [0.5, 0.6) is 0 Å². The lowest BCUT2D eigenvalue weighted by Crippen LogP contribution is -2.59. The fraction of sp³-hybridized carbons (Fsp3) is 1.00. The van der Waals surface area contributed by atoms with Crippen LogP contribution >= 0.6 is 0 Å². The van der Waals surface area contributed by atoms with Crippen LogP contribution in [-0.4, -0.2) is 74.4 Å². The van der Waals surface area contributed by atoms with E-state index in [2.05, 4.69) is 29.0 Å². The summed E-state index contributed by atoms with van der Waals surface area (Å²) in [7, 11) is 0. The Morgan fingerprint density at radius 3 is 2.95 bits per heavy atom. The van der Waals surface area contributed by atoms with Gasteiger partial charge in [-0.1, -0.05) is 6.92 Å². The van der Waals surface area contributed by atoms with E-state index in [9.17, 15) is 0 Å². The van der Waals surface area contributed by atoms with Crippen LogP contribution in [0.25, 0.3) is 0 Å². The Bertz CT molecular complexity index is 330. The van der Waals surface area contributed by atoms with Crippen LogP contribution in [0.1, 0.15) is 39.5 Å². The lowest BCUT2D eigenvalue weighted by Gasteiger charge is -2.48. The number of nitrogens with zero attached hydrogens (tertiary/aromatic N) is 2. The molecule has 3 rings (SSSR count). The molecule has 3 fully saturated rings. The molecule has 0 spiro atoms. The second-order valence-corrected chi connectivity index (χ2v) is 7.51. The molecule has 1 N–H and O–H groups in total. The Labute approximate surface area is 130 Å². The van der Waals surface area contributed by atoms with Crippen LogP contribution in [0.15, 0.2) is 0 Å². The van der Waals surface area contributed by atoms with E-state index in [0.717, 1.165) is 32.3 Å². The van der Waals surface area contributed by atoms with Crippen LogP contribution in [0, 0.1) is 5.41 Å². The van der Waals surface area contributed by atoms with E-state index in [1.165, 1.54) is 51.9 Å². The van der Waals surface area contributed by atoms with E-state index in [1.54, 1.807) is 0 Å². The van der Waals surface area contributed by atoms with Gasteiger partial charge in [-0.25, -0.2) is 0 Å². The standard InChI is InChI=1S/C17H33N3O/c1-3-18-12-17(7-5-9-21-14-17)13-20-11-16-6-4-8-19(16)10-15(20)2/h15-16,18H,3-14H2,1-2H3. The first-order chi connectivity index (χ1) is 10.2. The molecule has 3 aliphatic heterocycles. The first-order valence-electron chi connectivity index (χ1n) is 8.99. The van der Waals surface area contributed by atoms with Crippen LogP contribution in [0.4, 0.5) is 0 Å². The van der Waals surface area contributed by atoms with Crippen LogP contribution in [0.2, 0.25) is 0 Å². The van der Waals surface area contributed by atoms with Crippen molar-refractivity contribution in [3.8, 4) is 0 Å². The lowest BCUT2D eigenvalue weighted by molar-refractivity contribution is -0.0473. The highest BCUT2D eigenvalue weighted by Crippen LogP contribution is 2.32. The summed E-state index contributed by atoms with van der Waals surface area (Å²) in [6.45, 7) is 13.8. The molecule has 0 aromatic rings. The fourth-order valence-electron chi connectivity index (χ4n) is 4.52. The molecule has 3 saturated heterocycles. The maximum atomic E-state index is 5.87. The first kappa shape index (κ1) is 15.7. The van der Waals surface area contributed by atoms with Crippen molar-refractivity contribution in [2.75, 3.05) is 52.5 Å². The molecule has 0 bridgehead atoms. The highest BCUT2D eigenvalue weighted by molar-refractivity contribution is 4.95. The number of nitrogens with one attached hydrogen (secondary N) is 1. The summed E-state index contributed by atoms with van der Waals surface area (Å²) in [5, 5.41) is 3.59. The second kappa shape index (κ2) is 6.95. The molecule has 21 heavy (non-hydrogen) atoms. The van der Waals surface area contributed by atoms with Gasteiger partial charge in [0.1, 0.15) is 0 Å². The molecule has 0 aliphatic carbocycles. The molecule has 0 aromatic heterocycles. The molecule has 4 heteroatoms. The van der Waals surface area contributed by atoms with Gasteiger partial charge in [0.25, 0.3) is 0 Å². The zero-order valence-electron chi connectivity index (χ0n) is 13.9. The van der Waals surface area contributed by atoms with Gasteiger partial charge >= 0.3 is 0 Å². The fourth-order valence-corrected chi connectivity index (χ4v) is 4.52. The minimum Gasteiger partial charge on any atom is -0.381 e. The zero-order chi connectivity index (χ0) is 14.7. The topological polar surface area (TPSA) is 27.7 Å². The molecular formula is C17H33N3O. The number of rotatable bonds is 5. The predicted octanol–water partition coefficient (Wildman–Crippen LogP) is 1.56. The Morgan fingerprint density at radius 2 is 2.19 bits per heavy atom. The summed E-state index contributed by atoms with van der Waals surface area (Å²) in [4.78, 5) is 5.48. The number of hydrogen-bond donors (Lipinski definition) is 1. The number of piperazine rings is 1. The number of fused-ring (bicyclic) bond motifs is 1. The molecule has 0 saturated carbocycles. The van der Waals surface area contributed by atoms with Crippen molar-refractivity contribution in [3.63, 3.8) is 0 Å². The van der Waals surface area contributed by atoms with Crippen molar-refractivity contribution < 1.29 is 4.74 Å². The van der Waals surface area contributed by atoms with Crippen molar-refractivity contribution in [3.05, 3.63) is 0 Å². The van der Waals surface area contributed by atoms with E-state index < -0.39 is 0 Å². The maximum absolute atomic E-state index is 5.87. The van der Waals surface area contributed by atoms with Gasteiger partial charge in [-0.05, 0) is 45.7 Å². The average molecular weight is 295 g/mol. The highest BCUT2D eigenvalue weighted by Gasteiger charge is 2.40. The highest BCUT2D eigenvalue weighted by atomic mass is 16.5. The van der Waals surface area contributed by atoms with Crippen LogP contribution in [0.3, 0.4) is 0 Å². The molecule has 122 valence electrons. The molecule has 4 nitrogen and oxygen atoms in total. The third-order valence-electron chi connectivity index (χ3n) is 5.76. The van der Waals surface area contributed by atoms with Gasteiger partial charge in [0, 0.05) is 50.3 Å². The molecular weight excluding hydrogens is 262 g/mol. The summed E-state index contributed by atoms with van der Waals surface area (Å²) in [5.74, 6) is 0. The Balaban J connectivity index is 1.63. The van der Waals surface area contributed by atoms with Crippen LogP contribution < -0.4 is 5.32 Å². The quantitative estimate of drug-likeness (QED) is 0.833. The van der Waals surface area contributed by atoms with Crippen molar-refractivity contribution in [2.45, 2.75) is 51.6 Å². The molecule has 3 atom stereocenters. The Morgan fingerprint density at radius 1 is 1.29 bits per heavy atom. The third-order valence-corrected chi connectivity index (χ3v) is 5.76. The largest absolute Gasteiger partial charge is 0.381 e. The predicted molar refractivity (Wildman–Crippen MR) is 86.7 cm³/mol. The van der Waals surface area contributed by atoms with Gasteiger partial charge in [0.15, 0.2) is 0 Å². The van der Waals surface area contributed by atoms with Gasteiger partial charge in [-0.2, -0.15) is 0 Å². The van der Waals surface area contributed by atoms with Crippen molar-refractivity contribution in [1.82, 2.24) is 15.1 Å². The summed E-state index contributed by atoms with van der Waals surface area (Å²) in [6.07, 6.45) is 5.34. The summed E-state index contributed by atoms with van der Waals surface area (Å²) >= 11 is 0. The van der Waals surface area contributed by atoms with Crippen molar-refractivity contribution in [2.24, 2.45) is 5.41 Å². The average Bonchev–Trinajstić information content (AvgIpc) is 2.94. The van der Waals surface area contributed by atoms with Crippen LogP contribution in [-0.2, 0) is 4.74 Å². The summed E-state index contributed by atoms with van der Waals surface area (Å²) < 4.78 is 5.87. The van der Waals surface area contributed by atoms with E-state index in [-0.39, 0.29) is 0 Å². The summed E-state index contributed by atoms with van der Waals surface area (Å²) in [6, 6.07) is 1.52. The molecule has 3 aliphatic rings. The number of hydrogen-bond acceptors (Lipinski definition) is 4. The Hall–Kier alpha value is -0.160. The smallest absolute Gasteiger partial charge is 0.0546 e. The molecule has 0 amide bonds. The maximum Gasteiger partial charge on any atom is 0.0546 e. The van der Waals surface area contributed by atoms with E-state index in [4.69, 9.17) is 4.74 Å². The SMILES string of the molecule is CCNCC1(CN2CC3CCCN3CC2C)CCCOC1. The normalized spacial score (nSPS) is 38.6. The molecule has 3 heterocycles. The number of ether oxygens (including phenoxy) is 1. The van der Waals surface area contributed by atoms with E-state index in [1.807, 2.05) is 0 Å². The first-order valence-corrected chi connectivity index (χ1v) is 8.99. The van der Waals surface area contributed by atoms with Gasteiger partial charge in [0.05, 0.1) is 6.61 Å². The van der Waals surface area contributed by atoms with E-state index >= 15 is 0 Å². The molecule has 0 radical (unpaired) electrons. The van der Waals surface area contributed by atoms with Gasteiger partial charge in [-0.3, -0.25) is 9.80 Å².